The van der Waals surface area contributed by atoms with E-state index < -0.39 is 40.5 Å². The molecule has 0 saturated heterocycles. The highest BCUT2D eigenvalue weighted by atomic mass is 19.1. The van der Waals surface area contributed by atoms with Gasteiger partial charge in [0.05, 0.1) is 18.1 Å². The van der Waals surface area contributed by atoms with E-state index >= 15 is 0 Å². The Hall–Kier alpha value is -1.56. The van der Waals surface area contributed by atoms with E-state index in [9.17, 15) is 23.1 Å². The zero-order valence-corrected chi connectivity index (χ0v) is 11.4. The topological polar surface area (TPSA) is 57.5 Å². The molecule has 1 aliphatic rings. The lowest BCUT2D eigenvalue weighted by Crippen LogP contribution is -2.24. The predicted octanol–water partition coefficient (Wildman–Crippen LogP) is 3.56. The van der Waals surface area contributed by atoms with Crippen LogP contribution in [0.25, 0.3) is 0 Å². The molecule has 1 fully saturated rings. The Morgan fingerprint density at radius 2 is 1.71 bits per heavy atom. The van der Waals surface area contributed by atoms with Crippen molar-refractivity contribution in [2.24, 2.45) is 5.41 Å². The fourth-order valence-electron chi connectivity index (χ4n) is 3.28. The Balaban J connectivity index is 2.23. The van der Waals surface area contributed by atoms with E-state index in [1.54, 1.807) is 0 Å². The van der Waals surface area contributed by atoms with Crippen molar-refractivity contribution in [3.8, 4) is 0 Å². The van der Waals surface area contributed by atoms with E-state index in [1.165, 1.54) is 0 Å². The number of carboxylic acid groups (broad SMARTS) is 1. The minimum atomic E-state index is -1.48. The lowest BCUT2D eigenvalue weighted by molar-refractivity contribution is -0.140. The first-order valence-corrected chi connectivity index (χ1v) is 6.87. The Labute approximate surface area is 120 Å². The summed E-state index contributed by atoms with van der Waals surface area (Å²) in [5.74, 6) is -4.35. The molecular formula is C15H17F3O3. The summed E-state index contributed by atoms with van der Waals surface area (Å²) in [7, 11) is 0. The van der Waals surface area contributed by atoms with Crippen LogP contribution in [-0.4, -0.2) is 16.2 Å². The maximum absolute atomic E-state index is 13.7. The summed E-state index contributed by atoms with van der Waals surface area (Å²) in [6.07, 6.45) is 1.18. The van der Waals surface area contributed by atoms with Crippen LogP contribution in [0.15, 0.2) is 12.1 Å². The van der Waals surface area contributed by atoms with Crippen molar-refractivity contribution in [3.63, 3.8) is 0 Å². The van der Waals surface area contributed by atoms with Gasteiger partial charge in [-0.2, -0.15) is 0 Å². The van der Waals surface area contributed by atoms with Crippen molar-refractivity contribution in [1.29, 1.82) is 0 Å². The monoisotopic (exact) mass is 302 g/mol. The van der Waals surface area contributed by atoms with Crippen LogP contribution in [0, 0.1) is 22.9 Å². The van der Waals surface area contributed by atoms with Crippen LogP contribution in [0.1, 0.15) is 50.2 Å². The molecule has 1 unspecified atom stereocenters. The van der Waals surface area contributed by atoms with Gasteiger partial charge in [0.25, 0.3) is 0 Å². The minimum absolute atomic E-state index is 0.0429. The average Bonchev–Trinajstić information content (AvgIpc) is 2.74. The second-order valence-corrected chi connectivity index (χ2v) is 5.78. The molecule has 0 amide bonds. The Morgan fingerprint density at radius 1 is 1.19 bits per heavy atom. The zero-order chi connectivity index (χ0) is 15.6. The third kappa shape index (κ3) is 3.56. The highest BCUT2D eigenvalue weighted by Gasteiger charge is 2.39. The number of rotatable bonds is 5. The van der Waals surface area contributed by atoms with Crippen LogP contribution in [0.2, 0.25) is 0 Å². The number of carboxylic acids is 1. The number of aliphatic hydroxyl groups excluding tert-OH is 1. The first-order valence-electron chi connectivity index (χ1n) is 6.87. The van der Waals surface area contributed by atoms with Crippen molar-refractivity contribution < 1.29 is 28.2 Å². The quantitative estimate of drug-likeness (QED) is 0.874. The van der Waals surface area contributed by atoms with Gasteiger partial charge in [-0.05, 0) is 24.7 Å². The molecule has 0 radical (unpaired) electrons. The molecule has 1 aromatic rings. The first kappa shape index (κ1) is 15.8. The fraction of sp³-hybridized carbons (Fsp3) is 0.533. The van der Waals surface area contributed by atoms with Gasteiger partial charge in [-0.15, -0.1) is 0 Å². The number of aliphatic carboxylic acids is 1. The van der Waals surface area contributed by atoms with Gasteiger partial charge < -0.3 is 10.2 Å². The number of hydrogen-bond donors (Lipinski definition) is 2. The van der Waals surface area contributed by atoms with Crippen molar-refractivity contribution in [2.45, 2.75) is 44.6 Å². The summed E-state index contributed by atoms with van der Waals surface area (Å²) in [5, 5.41) is 19.1. The third-order valence-electron chi connectivity index (χ3n) is 4.19. The number of halogens is 3. The van der Waals surface area contributed by atoms with E-state index in [2.05, 4.69) is 0 Å². The van der Waals surface area contributed by atoms with E-state index in [0.29, 0.717) is 25.0 Å². The van der Waals surface area contributed by atoms with Crippen LogP contribution >= 0.6 is 0 Å². The lowest BCUT2D eigenvalue weighted by atomic mass is 9.76. The summed E-state index contributed by atoms with van der Waals surface area (Å²) in [4.78, 5) is 11.0. The molecule has 0 bridgehead atoms. The Bertz CT molecular complexity index is 516. The van der Waals surface area contributed by atoms with Crippen LogP contribution in [0.3, 0.4) is 0 Å². The van der Waals surface area contributed by atoms with Crippen molar-refractivity contribution in [1.82, 2.24) is 0 Å². The molecule has 6 heteroatoms. The number of aliphatic hydroxyl groups is 1. The predicted molar refractivity (Wildman–Crippen MR) is 69.0 cm³/mol. The third-order valence-corrected chi connectivity index (χ3v) is 4.19. The van der Waals surface area contributed by atoms with E-state index in [0.717, 1.165) is 12.8 Å². The van der Waals surface area contributed by atoms with Crippen molar-refractivity contribution in [2.75, 3.05) is 0 Å². The minimum Gasteiger partial charge on any atom is -0.481 e. The molecule has 1 aliphatic carbocycles. The smallest absolute Gasteiger partial charge is 0.303 e. The van der Waals surface area contributed by atoms with Gasteiger partial charge in [0, 0.05) is 12.1 Å². The van der Waals surface area contributed by atoms with Crippen molar-refractivity contribution in [3.05, 3.63) is 35.1 Å². The average molecular weight is 302 g/mol. The van der Waals surface area contributed by atoms with E-state index in [4.69, 9.17) is 5.11 Å². The second-order valence-electron chi connectivity index (χ2n) is 5.78. The highest BCUT2D eigenvalue weighted by Crippen LogP contribution is 2.47. The molecule has 116 valence electrons. The molecule has 1 saturated carbocycles. The van der Waals surface area contributed by atoms with Gasteiger partial charge in [-0.3, -0.25) is 4.79 Å². The van der Waals surface area contributed by atoms with Gasteiger partial charge in [0.1, 0.15) is 17.5 Å². The standard InChI is InChI=1S/C15H17F3O3/c16-9-5-10(17)14(11(18)6-9)12(19)7-15(8-13(20)21)3-1-2-4-15/h5-6,12,19H,1-4,7-8H2,(H,20,21). The van der Waals surface area contributed by atoms with E-state index in [-0.39, 0.29) is 12.8 Å². The maximum Gasteiger partial charge on any atom is 0.303 e. The fourth-order valence-corrected chi connectivity index (χ4v) is 3.28. The van der Waals surface area contributed by atoms with Crippen molar-refractivity contribution >= 4 is 5.97 Å². The first-order chi connectivity index (χ1) is 9.83. The lowest BCUT2D eigenvalue weighted by Gasteiger charge is -2.30. The summed E-state index contributed by atoms with van der Waals surface area (Å²) in [5.41, 5.74) is -1.24. The Morgan fingerprint density at radius 3 is 2.19 bits per heavy atom. The summed E-state index contributed by atoms with van der Waals surface area (Å²) in [6.45, 7) is 0. The number of hydrogen-bond acceptors (Lipinski definition) is 2. The second kappa shape index (κ2) is 6.05. The molecule has 1 aromatic carbocycles. The van der Waals surface area contributed by atoms with Gasteiger partial charge >= 0.3 is 5.97 Å². The highest BCUT2D eigenvalue weighted by molar-refractivity contribution is 5.67. The molecular weight excluding hydrogens is 285 g/mol. The molecule has 3 nitrogen and oxygen atoms in total. The number of carbonyl (C=O) groups is 1. The van der Waals surface area contributed by atoms with Gasteiger partial charge in [0.2, 0.25) is 0 Å². The van der Waals surface area contributed by atoms with Crippen LogP contribution in [0.4, 0.5) is 13.2 Å². The van der Waals surface area contributed by atoms with Crippen LogP contribution in [-0.2, 0) is 4.79 Å². The SMILES string of the molecule is O=C(O)CC1(CC(O)c2c(F)cc(F)cc2F)CCCC1. The maximum atomic E-state index is 13.7. The molecule has 0 spiro atoms. The van der Waals surface area contributed by atoms with Gasteiger partial charge in [-0.1, -0.05) is 12.8 Å². The number of benzene rings is 1. The molecule has 21 heavy (non-hydrogen) atoms. The molecule has 0 heterocycles. The molecule has 2 rings (SSSR count). The summed E-state index contributed by atoms with van der Waals surface area (Å²) < 4.78 is 40.2. The van der Waals surface area contributed by atoms with Crippen LogP contribution in [0.5, 0.6) is 0 Å². The van der Waals surface area contributed by atoms with Crippen LogP contribution < -0.4 is 0 Å². The summed E-state index contributed by atoms with van der Waals surface area (Å²) >= 11 is 0. The zero-order valence-electron chi connectivity index (χ0n) is 11.4. The molecule has 2 N–H and O–H groups in total. The normalized spacial score (nSPS) is 18.7. The largest absolute Gasteiger partial charge is 0.481 e. The van der Waals surface area contributed by atoms with Gasteiger partial charge in [-0.25, -0.2) is 13.2 Å². The van der Waals surface area contributed by atoms with Gasteiger partial charge in [0.15, 0.2) is 0 Å². The molecule has 0 aliphatic heterocycles. The molecule has 0 aromatic heterocycles. The molecule has 1 atom stereocenters. The van der Waals surface area contributed by atoms with E-state index in [1.807, 2.05) is 0 Å². The Kier molecular flexibility index (Phi) is 4.56. The summed E-state index contributed by atoms with van der Waals surface area (Å²) in [6, 6.07) is 1.03.